The van der Waals surface area contributed by atoms with Crippen LogP contribution < -0.4 is 0 Å². The Balaban J connectivity index is 1.56. The van der Waals surface area contributed by atoms with Gasteiger partial charge in [-0.15, -0.1) is 28.1 Å². The van der Waals surface area contributed by atoms with Gasteiger partial charge in [0, 0.05) is 18.4 Å². The third-order valence-corrected chi connectivity index (χ3v) is 5.70. The molecule has 3 heterocycles. The highest BCUT2D eigenvalue weighted by atomic mass is 32.2. The van der Waals surface area contributed by atoms with Crippen molar-refractivity contribution in [1.29, 1.82) is 0 Å². The molecule has 0 aliphatic carbocycles. The van der Waals surface area contributed by atoms with E-state index in [0.717, 1.165) is 16.3 Å². The summed E-state index contributed by atoms with van der Waals surface area (Å²) in [5.74, 6) is 1.47. The summed E-state index contributed by atoms with van der Waals surface area (Å²) in [7, 11) is 0. The maximum absolute atomic E-state index is 14.2. The maximum Gasteiger partial charge on any atom is 0.192 e. The summed E-state index contributed by atoms with van der Waals surface area (Å²) in [6.45, 7) is 4.26. The van der Waals surface area contributed by atoms with E-state index < -0.39 is 0 Å². The van der Waals surface area contributed by atoms with Gasteiger partial charge in [0.2, 0.25) is 0 Å². The highest BCUT2D eigenvalue weighted by molar-refractivity contribution is 7.98. The predicted molar refractivity (Wildman–Crippen MR) is 105 cm³/mol. The number of hydrogen-bond donors (Lipinski definition) is 0. The maximum atomic E-state index is 14.2. The molecule has 0 unspecified atom stereocenters. The molecule has 0 aliphatic rings. The van der Waals surface area contributed by atoms with Crippen molar-refractivity contribution in [3.8, 4) is 22.0 Å². The quantitative estimate of drug-likeness (QED) is 0.313. The number of thioether (sulfide) groups is 1. The highest BCUT2D eigenvalue weighted by Crippen LogP contribution is 2.30. The van der Waals surface area contributed by atoms with Crippen LogP contribution in [-0.4, -0.2) is 19.9 Å². The van der Waals surface area contributed by atoms with E-state index in [1.165, 1.54) is 17.8 Å². The zero-order chi connectivity index (χ0) is 18.6. The largest absolute Gasteiger partial charge is 0.355 e. The summed E-state index contributed by atoms with van der Waals surface area (Å²) >= 11 is 3.07. The molecule has 27 heavy (non-hydrogen) atoms. The molecule has 0 fully saturated rings. The lowest BCUT2D eigenvalue weighted by atomic mass is 10.2. The fourth-order valence-electron chi connectivity index (χ4n) is 2.58. The standard InChI is InChI=1S/C19H15FN4OS2/c1-2-9-24-18(14-6-3-4-7-15(14)20)21-22-19(24)27-12-13-11-16(25-23-13)17-8-5-10-26-17/h2-8,10-11H,1,9,12H2. The van der Waals surface area contributed by atoms with Gasteiger partial charge < -0.3 is 4.52 Å². The minimum absolute atomic E-state index is 0.330. The lowest BCUT2D eigenvalue weighted by Crippen LogP contribution is -2.01. The summed E-state index contributed by atoms with van der Waals surface area (Å²) in [4.78, 5) is 1.04. The molecule has 4 rings (SSSR count). The van der Waals surface area contributed by atoms with E-state index in [9.17, 15) is 4.39 Å². The average Bonchev–Trinajstić information content (AvgIpc) is 3.42. The first kappa shape index (κ1) is 17.7. The molecular formula is C19H15FN4OS2. The lowest BCUT2D eigenvalue weighted by molar-refractivity contribution is 0.427. The van der Waals surface area contributed by atoms with Crippen molar-refractivity contribution in [1.82, 2.24) is 19.9 Å². The molecule has 3 aromatic heterocycles. The Morgan fingerprint density at radius 2 is 2.11 bits per heavy atom. The van der Waals surface area contributed by atoms with Gasteiger partial charge in [-0.3, -0.25) is 4.57 Å². The van der Waals surface area contributed by atoms with Crippen molar-refractivity contribution in [2.45, 2.75) is 17.5 Å². The lowest BCUT2D eigenvalue weighted by Gasteiger charge is -2.07. The second kappa shape index (κ2) is 7.89. The first-order valence-electron chi connectivity index (χ1n) is 8.17. The number of rotatable bonds is 7. The van der Waals surface area contributed by atoms with Gasteiger partial charge in [-0.05, 0) is 23.6 Å². The van der Waals surface area contributed by atoms with Gasteiger partial charge in [0.05, 0.1) is 16.1 Å². The van der Waals surface area contributed by atoms with Crippen LogP contribution in [0.25, 0.3) is 22.0 Å². The molecule has 1 aromatic carbocycles. The molecule has 0 bridgehead atoms. The van der Waals surface area contributed by atoms with Gasteiger partial charge in [-0.1, -0.05) is 41.2 Å². The fraction of sp³-hybridized carbons (Fsp3) is 0.105. The van der Waals surface area contributed by atoms with Crippen molar-refractivity contribution >= 4 is 23.1 Å². The third kappa shape index (κ3) is 3.72. The number of nitrogens with zero attached hydrogens (tertiary/aromatic N) is 4. The first-order valence-corrected chi connectivity index (χ1v) is 10.0. The SMILES string of the molecule is C=CCn1c(SCc2cc(-c3cccs3)on2)nnc1-c1ccccc1F. The number of aromatic nitrogens is 4. The van der Waals surface area contributed by atoms with Crippen molar-refractivity contribution in [3.63, 3.8) is 0 Å². The van der Waals surface area contributed by atoms with Gasteiger partial charge >= 0.3 is 0 Å². The zero-order valence-corrected chi connectivity index (χ0v) is 15.8. The van der Waals surface area contributed by atoms with Crippen LogP contribution in [0.3, 0.4) is 0 Å². The number of thiophene rings is 1. The van der Waals surface area contributed by atoms with Crippen LogP contribution in [0.4, 0.5) is 4.39 Å². The average molecular weight is 398 g/mol. The second-order valence-electron chi connectivity index (χ2n) is 5.63. The minimum Gasteiger partial charge on any atom is -0.355 e. The van der Waals surface area contributed by atoms with Crippen LogP contribution >= 0.6 is 23.1 Å². The monoisotopic (exact) mass is 398 g/mol. The number of hydrogen-bond acceptors (Lipinski definition) is 6. The van der Waals surface area contributed by atoms with Crippen LogP contribution in [0.5, 0.6) is 0 Å². The summed E-state index contributed by atoms with van der Waals surface area (Å²) in [5, 5.41) is 15.2. The minimum atomic E-state index is -0.330. The molecule has 0 amide bonds. The van der Waals surface area contributed by atoms with Gasteiger partial charge in [-0.2, -0.15) is 0 Å². The van der Waals surface area contributed by atoms with Gasteiger partial charge in [-0.25, -0.2) is 4.39 Å². The van der Waals surface area contributed by atoms with E-state index in [1.54, 1.807) is 35.6 Å². The summed E-state index contributed by atoms with van der Waals surface area (Å²) in [5.41, 5.74) is 1.23. The first-order chi connectivity index (χ1) is 13.3. The van der Waals surface area contributed by atoms with Crippen molar-refractivity contribution in [2.75, 3.05) is 0 Å². The van der Waals surface area contributed by atoms with Crippen LogP contribution in [0, 0.1) is 5.82 Å². The molecule has 0 radical (unpaired) electrons. The molecule has 0 atom stereocenters. The molecular weight excluding hydrogens is 383 g/mol. The Hall–Kier alpha value is -2.71. The Labute approximate surface area is 163 Å². The van der Waals surface area contributed by atoms with E-state index in [1.807, 2.05) is 28.1 Å². The highest BCUT2D eigenvalue weighted by Gasteiger charge is 2.17. The number of halogens is 1. The van der Waals surface area contributed by atoms with Crippen molar-refractivity contribution < 1.29 is 8.91 Å². The van der Waals surface area contributed by atoms with Crippen molar-refractivity contribution in [3.05, 3.63) is 72.0 Å². The van der Waals surface area contributed by atoms with E-state index in [-0.39, 0.29) is 5.82 Å². The summed E-state index contributed by atoms with van der Waals surface area (Å²) in [6.07, 6.45) is 1.74. The van der Waals surface area contributed by atoms with Crippen molar-refractivity contribution in [2.24, 2.45) is 0 Å². The van der Waals surface area contributed by atoms with Crippen LogP contribution in [0.1, 0.15) is 5.69 Å². The molecule has 136 valence electrons. The summed E-state index contributed by atoms with van der Waals surface area (Å²) in [6, 6.07) is 12.4. The molecule has 0 aliphatic heterocycles. The van der Waals surface area contributed by atoms with E-state index >= 15 is 0 Å². The molecule has 8 heteroatoms. The van der Waals surface area contributed by atoms with Gasteiger partial charge in [0.15, 0.2) is 16.7 Å². The van der Waals surface area contributed by atoms with E-state index in [2.05, 4.69) is 21.9 Å². The fourth-order valence-corrected chi connectivity index (χ4v) is 4.09. The molecule has 0 saturated carbocycles. The van der Waals surface area contributed by atoms with Crippen LogP contribution in [-0.2, 0) is 12.3 Å². The molecule has 0 saturated heterocycles. The number of allylic oxidation sites excluding steroid dienone is 1. The van der Waals surface area contributed by atoms with E-state index in [0.29, 0.717) is 28.8 Å². The second-order valence-corrected chi connectivity index (χ2v) is 7.52. The molecule has 4 aromatic rings. The Morgan fingerprint density at radius 1 is 1.22 bits per heavy atom. The third-order valence-electron chi connectivity index (χ3n) is 3.82. The Bertz CT molecular complexity index is 1060. The zero-order valence-electron chi connectivity index (χ0n) is 14.2. The smallest absolute Gasteiger partial charge is 0.192 e. The van der Waals surface area contributed by atoms with Crippen LogP contribution in [0.2, 0.25) is 0 Å². The predicted octanol–water partition coefficient (Wildman–Crippen LogP) is 5.28. The normalized spacial score (nSPS) is 11.0. The van der Waals surface area contributed by atoms with Gasteiger partial charge in [0.25, 0.3) is 0 Å². The Kier molecular flexibility index (Phi) is 5.17. The Morgan fingerprint density at radius 3 is 2.89 bits per heavy atom. The van der Waals surface area contributed by atoms with Crippen LogP contribution in [0.15, 0.2) is 70.2 Å². The van der Waals surface area contributed by atoms with Gasteiger partial charge in [0.1, 0.15) is 5.82 Å². The summed E-state index contributed by atoms with van der Waals surface area (Å²) < 4.78 is 21.4. The molecule has 0 N–H and O–H groups in total. The van der Waals surface area contributed by atoms with E-state index in [4.69, 9.17) is 4.52 Å². The molecule has 5 nitrogen and oxygen atoms in total. The molecule has 0 spiro atoms. The topological polar surface area (TPSA) is 56.7 Å². The number of benzene rings is 1.